The lowest BCUT2D eigenvalue weighted by atomic mass is 10.1. The van der Waals surface area contributed by atoms with E-state index in [2.05, 4.69) is 10.3 Å². The Balaban J connectivity index is 1.82. The molecule has 24 heavy (non-hydrogen) atoms. The molecule has 2 rings (SSSR count). The van der Waals surface area contributed by atoms with Crippen molar-refractivity contribution in [1.82, 2.24) is 10.2 Å². The minimum atomic E-state index is -0.751. The van der Waals surface area contributed by atoms with E-state index >= 15 is 0 Å². The topological polar surface area (TPSA) is 57.1 Å². The van der Waals surface area contributed by atoms with Crippen LogP contribution in [0.5, 0.6) is 0 Å². The number of rotatable bonds is 9. The van der Waals surface area contributed by atoms with Crippen LogP contribution in [0.2, 0.25) is 0 Å². The van der Waals surface area contributed by atoms with Crippen LogP contribution in [0, 0.1) is 11.7 Å². The molecule has 0 bridgehead atoms. The molecule has 1 aromatic rings. The Hall–Kier alpha value is -1.66. The van der Waals surface area contributed by atoms with Crippen LogP contribution in [-0.4, -0.2) is 55.9 Å². The first kappa shape index (κ1) is 18.7. The molecule has 0 saturated heterocycles. The molecule has 0 radical (unpaired) electrons. The third kappa shape index (κ3) is 6.45. The van der Waals surface area contributed by atoms with Gasteiger partial charge < -0.3 is 20.1 Å². The van der Waals surface area contributed by atoms with Gasteiger partial charge in [-0.3, -0.25) is 4.99 Å². The highest BCUT2D eigenvalue weighted by atomic mass is 19.1. The molecule has 0 spiro atoms. The highest BCUT2D eigenvalue weighted by molar-refractivity contribution is 5.79. The number of benzene rings is 1. The predicted octanol–water partition coefficient (Wildman–Crippen LogP) is 2.18. The number of guanidine groups is 1. The standard InChI is InChI=1S/C18H28FN3O2/c1-3-20-18(22(2)10-11-24-13-14-4-5-14)21-12-17(23)15-6-8-16(19)9-7-15/h6-9,14,17,23H,3-5,10-13H2,1-2H3,(H,20,21). The van der Waals surface area contributed by atoms with E-state index in [0.29, 0.717) is 12.2 Å². The van der Waals surface area contributed by atoms with E-state index in [0.717, 1.165) is 31.6 Å². The lowest BCUT2D eigenvalue weighted by molar-refractivity contribution is 0.115. The van der Waals surface area contributed by atoms with Crippen molar-refractivity contribution in [3.63, 3.8) is 0 Å². The van der Waals surface area contributed by atoms with Gasteiger partial charge in [0.15, 0.2) is 5.96 Å². The second kappa shape index (κ2) is 9.59. The number of aliphatic hydroxyl groups is 1. The molecule has 5 nitrogen and oxygen atoms in total. The minimum absolute atomic E-state index is 0.223. The Kier molecular flexibility index (Phi) is 7.46. The summed E-state index contributed by atoms with van der Waals surface area (Å²) in [5, 5.41) is 13.4. The summed E-state index contributed by atoms with van der Waals surface area (Å²) in [6.45, 7) is 5.23. The summed E-state index contributed by atoms with van der Waals surface area (Å²) >= 11 is 0. The number of likely N-dealkylation sites (N-methyl/N-ethyl adjacent to an activating group) is 1. The third-order valence-electron chi connectivity index (χ3n) is 3.99. The van der Waals surface area contributed by atoms with E-state index in [1.54, 1.807) is 12.1 Å². The number of ether oxygens (including phenoxy) is 1. The van der Waals surface area contributed by atoms with Crippen LogP contribution >= 0.6 is 0 Å². The molecule has 0 aliphatic heterocycles. The van der Waals surface area contributed by atoms with Gasteiger partial charge in [0.2, 0.25) is 0 Å². The quantitative estimate of drug-likeness (QED) is 0.412. The van der Waals surface area contributed by atoms with Gasteiger partial charge >= 0.3 is 0 Å². The Morgan fingerprint density at radius 1 is 1.42 bits per heavy atom. The average molecular weight is 337 g/mol. The zero-order valence-corrected chi connectivity index (χ0v) is 14.5. The van der Waals surface area contributed by atoms with Crippen LogP contribution in [0.25, 0.3) is 0 Å². The van der Waals surface area contributed by atoms with Crippen LogP contribution in [0.1, 0.15) is 31.4 Å². The van der Waals surface area contributed by atoms with E-state index in [4.69, 9.17) is 4.74 Å². The molecule has 134 valence electrons. The van der Waals surface area contributed by atoms with Gasteiger partial charge in [-0.05, 0) is 43.4 Å². The number of hydrogen-bond donors (Lipinski definition) is 2. The van der Waals surface area contributed by atoms with Crippen LogP contribution in [0.3, 0.4) is 0 Å². The van der Waals surface area contributed by atoms with Crippen LogP contribution in [0.4, 0.5) is 4.39 Å². The Morgan fingerprint density at radius 2 is 2.12 bits per heavy atom. The first-order valence-corrected chi connectivity index (χ1v) is 8.61. The average Bonchev–Trinajstić information content (AvgIpc) is 3.40. The monoisotopic (exact) mass is 337 g/mol. The Labute approximate surface area is 143 Å². The maximum absolute atomic E-state index is 12.9. The molecule has 1 aliphatic rings. The molecule has 6 heteroatoms. The first-order chi connectivity index (χ1) is 11.6. The van der Waals surface area contributed by atoms with E-state index in [9.17, 15) is 9.50 Å². The molecule has 0 heterocycles. The Morgan fingerprint density at radius 3 is 2.75 bits per heavy atom. The summed E-state index contributed by atoms with van der Waals surface area (Å²) in [4.78, 5) is 6.46. The van der Waals surface area contributed by atoms with Crippen molar-refractivity contribution in [2.45, 2.75) is 25.9 Å². The van der Waals surface area contributed by atoms with Crippen molar-refractivity contribution in [2.24, 2.45) is 10.9 Å². The summed E-state index contributed by atoms with van der Waals surface area (Å²) in [5.74, 6) is 1.19. The summed E-state index contributed by atoms with van der Waals surface area (Å²) in [6, 6.07) is 5.85. The molecule has 1 aromatic carbocycles. The first-order valence-electron chi connectivity index (χ1n) is 8.61. The maximum atomic E-state index is 12.9. The highest BCUT2D eigenvalue weighted by Gasteiger charge is 2.21. The number of aliphatic hydroxyl groups excluding tert-OH is 1. The van der Waals surface area contributed by atoms with E-state index < -0.39 is 6.10 Å². The fourth-order valence-electron chi connectivity index (χ4n) is 2.27. The van der Waals surface area contributed by atoms with Crippen molar-refractivity contribution in [2.75, 3.05) is 39.9 Å². The summed E-state index contributed by atoms with van der Waals surface area (Å²) in [7, 11) is 1.95. The van der Waals surface area contributed by atoms with Crippen LogP contribution in [0.15, 0.2) is 29.3 Å². The number of aliphatic imine (C=N–C) groups is 1. The minimum Gasteiger partial charge on any atom is -0.386 e. The molecule has 0 amide bonds. The second-order valence-corrected chi connectivity index (χ2v) is 6.20. The van der Waals surface area contributed by atoms with E-state index in [1.807, 2.05) is 18.9 Å². The number of halogens is 1. The van der Waals surface area contributed by atoms with Gasteiger partial charge in [-0.2, -0.15) is 0 Å². The lowest BCUT2D eigenvalue weighted by Crippen LogP contribution is -2.40. The molecular weight excluding hydrogens is 309 g/mol. The predicted molar refractivity (Wildman–Crippen MR) is 93.5 cm³/mol. The smallest absolute Gasteiger partial charge is 0.193 e. The van der Waals surface area contributed by atoms with Gasteiger partial charge in [-0.1, -0.05) is 12.1 Å². The number of nitrogens with one attached hydrogen (secondary N) is 1. The normalized spacial score (nSPS) is 16.1. The number of nitrogens with zero attached hydrogens (tertiary/aromatic N) is 2. The molecule has 1 saturated carbocycles. The Bertz CT molecular complexity index is 518. The molecule has 1 aliphatic carbocycles. The van der Waals surface area contributed by atoms with Crippen molar-refractivity contribution in [1.29, 1.82) is 0 Å². The zero-order chi connectivity index (χ0) is 17.4. The SMILES string of the molecule is CCNC(=NCC(O)c1ccc(F)cc1)N(C)CCOCC1CC1. The maximum Gasteiger partial charge on any atom is 0.193 e. The zero-order valence-electron chi connectivity index (χ0n) is 14.5. The van der Waals surface area contributed by atoms with Gasteiger partial charge in [-0.15, -0.1) is 0 Å². The number of hydrogen-bond acceptors (Lipinski definition) is 3. The fourth-order valence-corrected chi connectivity index (χ4v) is 2.27. The van der Waals surface area contributed by atoms with E-state index in [1.165, 1.54) is 25.0 Å². The van der Waals surface area contributed by atoms with Crippen molar-refractivity contribution < 1.29 is 14.2 Å². The second-order valence-electron chi connectivity index (χ2n) is 6.20. The van der Waals surface area contributed by atoms with Crippen molar-refractivity contribution in [3.8, 4) is 0 Å². The largest absolute Gasteiger partial charge is 0.386 e. The highest BCUT2D eigenvalue weighted by Crippen LogP contribution is 2.28. The van der Waals surface area contributed by atoms with Crippen molar-refractivity contribution >= 4 is 5.96 Å². The van der Waals surface area contributed by atoms with Gasteiger partial charge in [0.1, 0.15) is 5.82 Å². The van der Waals surface area contributed by atoms with Gasteiger partial charge in [0.25, 0.3) is 0 Å². The summed E-state index contributed by atoms with van der Waals surface area (Å²) in [5.41, 5.74) is 0.659. The molecule has 2 N–H and O–H groups in total. The molecule has 1 fully saturated rings. The van der Waals surface area contributed by atoms with Crippen LogP contribution < -0.4 is 5.32 Å². The molecule has 0 aromatic heterocycles. The fraction of sp³-hybridized carbons (Fsp3) is 0.611. The summed E-state index contributed by atoms with van der Waals surface area (Å²) in [6.07, 6.45) is 1.83. The lowest BCUT2D eigenvalue weighted by Gasteiger charge is -2.22. The third-order valence-corrected chi connectivity index (χ3v) is 3.99. The molecular formula is C18H28FN3O2. The summed E-state index contributed by atoms with van der Waals surface area (Å²) < 4.78 is 18.6. The van der Waals surface area contributed by atoms with E-state index in [-0.39, 0.29) is 12.4 Å². The molecule has 1 atom stereocenters. The van der Waals surface area contributed by atoms with Gasteiger partial charge in [0, 0.05) is 26.7 Å². The molecule has 1 unspecified atom stereocenters. The van der Waals surface area contributed by atoms with Crippen molar-refractivity contribution in [3.05, 3.63) is 35.6 Å². The van der Waals surface area contributed by atoms with Gasteiger partial charge in [-0.25, -0.2) is 4.39 Å². The van der Waals surface area contributed by atoms with Crippen LogP contribution in [-0.2, 0) is 4.74 Å². The van der Waals surface area contributed by atoms with Gasteiger partial charge in [0.05, 0.1) is 19.3 Å².